The monoisotopic (exact) mass is 269 g/mol. The molecule has 0 aliphatic carbocycles. The van der Waals surface area contributed by atoms with E-state index in [0.717, 1.165) is 5.56 Å². The Hall–Kier alpha value is -1.55. The SMILES string of the molecule is CCN(C(C)=O)C(C(=O)O)c1ccc(Cl)cc1C. The van der Waals surface area contributed by atoms with Gasteiger partial charge in [-0.25, -0.2) is 4.79 Å². The highest BCUT2D eigenvalue weighted by Gasteiger charge is 2.29. The van der Waals surface area contributed by atoms with Gasteiger partial charge in [-0.15, -0.1) is 0 Å². The van der Waals surface area contributed by atoms with Gasteiger partial charge in [0.25, 0.3) is 0 Å². The van der Waals surface area contributed by atoms with Crippen molar-refractivity contribution in [3.8, 4) is 0 Å². The number of halogens is 1. The van der Waals surface area contributed by atoms with Gasteiger partial charge in [0.1, 0.15) is 0 Å². The van der Waals surface area contributed by atoms with Gasteiger partial charge in [-0.3, -0.25) is 4.79 Å². The molecule has 0 aliphatic rings. The Morgan fingerprint density at radius 2 is 2.06 bits per heavy atom. The first-order chi connectivity index (χ1) is 8.38. The topological polar surface area (TPSA) is 57.6 Å². The number of carbonyl (C=O) groups excluding carboxylic acids is 1. The Morgan fingerprint density at radius 1 is 1.44 bits per heavy atom. The van der Waals surface area contributed by atoms with E-state index in [4.69, 9.17) is 11.6 Å². The lowest BCUT2D eigenvalue weighted by Gasteiger charge is -2.28. The maximum Gasteiger partial charge on any atom is 0.331 e. The Morgan fingerprint density at radius 3 is 2.44 bits per heavy atom. The third kappa shape index (κ3) is 3.01. The Balaban J connectivity index is 3.27. The number of hydrogen-bond acceptors (Lipinski definition) is 2. The summed E-state index contributed by atoms with van der Waals surface area (Å²) < 4.78 is 0. The largest absolute Gasteiger partial charge is 0.479 e. The fourth-order valence-corrected chi connectivity index (χ4v) is 2.19. The van der Waals surface area contributed by atoms with E-state index in [9.17, 15) is 14.7 Å². The Labute approximate surface area is 111 Å². The number of amides is 1. The number of carboxylic acid groups (broad SMARTS) is 1. The second-order valence-corrected chi connectivity index (χ2v) is 4.48. The van der Waals surface area contributed by atoms with Crippen LogP contribution in [0.3, 0.4) is 0 Å². The van der Waals surface area contributed by atoms with Gasteiger partial charge >= 0.3 is 5.97 Å². The first-order valence-corrected chi connectivity index (χ1v) is 6.02. The van der Waals surface area contributed by atoms with Crippen LogP contribution in [0, 0.1) is 6.92 Å². The van der Waals surface area contributed by atoms with Crippen LogP contribution >= 0.6 is 11.6 Å². The maximum absolute atomic E-state index is 11.5. The van der Waals surface area contributed by atoms with Crippen LogP contribution in [0.15, 0.2) is 18.2 Å². The molecule has 98 valence electrons. The standard InChI is InChI=1S/C13H16ClNO3/c1-4-15(9(3)16)12(13(17)18)11-6-5-10(14)7-8(11)2/h5-7,12H,4H2,1-3H3,(H,17,18). The minimum atomic E-state index is -1.04. The molecule has 0 heterocycles. The molecule has 4 nitrogen and oxygen atoms in total. The van der Waals surface area contributed by atoms with E-state index in [-0.39, 0.29) is 5.91 Å². The average molecular weight is 270 g/mol. The molecule has 5 heteroatoms. The molecule has 0 spiro atoms. The molecular weight excluding hydrogens is 254 g/mol. The molecule has 1 unspecified atom stereocenters. The summed E-state index contributed by atoms with van der Waals surface area (Å²) >= 11 is 5.85. The normalized spacial score (nSPS) is 12.0. The van der Waals surface area contributed by atoms with Crippen molar-refractivity contribution < 1.29 is 14.7 Å². The second kappa shape index (κ2) is 5.87. The van der Waals surface area contributed by atoms with E-state index >= 15 is 0 Å². The predicted octanol–water partition coefficient (Wildman–Crippen LogP) is 2.64. The molecule has 0 aromatic heterocycles. The number of hydrogen-bond donors (Lipinski definition) is 1. The summed E-state index contributed by atoms with van der Waals surface area (Å²) in [6.07, 6.45) is 0. The fraction of sp³-hybridized carbons (Fsp3) is 0.385. The first kappa shape index (κ1) is 14.5. The molecule has 1 rings (SSSR count). The van der Waals surface area contributed by atoms with Crippen molar-refractivity contribution in [1.29, 1.82) is 0 Å². The molecule has 0 fully saturated rings. The molecule has 0 saturated carbocycles. The molecule has 1 aromatic rings. The third-order valence-corrected chi connectivity index (χ3v) is 3.05. The van der Waals surface area contributed by atoms with Crippen molar-refractivity contribution in [1.82, 2.24) is 4.90 Å². The Bertz CT molecular complexity index is 473. The van der Waals surface area contributed by atoms with E-state index in [1.54, 1.807) is 32.0 Å². The molecule has 18 heavy (non-hydrogen) atoms. The van der Waals surface area contributed by atoms with Crippen molar-refractivity contribution in [2.45, 2.75) is 26.8 Å². The number of rotatable bonds is 4. The summed E-state index contributed by atoms with van der Waals surface area (Å²) in [7, 11) is 0. The van der Waals surface area contributed by atoms with Crippen molar-refractivity contribution in [3.05, 3.63) is 34.3 Å². The molecule has 0 bridgehead atoms. The number of aliphatic carboxylic acids is 1. The van der Waals surface area contributed by atoms with Gasteiger partial charge in [-0.2, -0.15) is 0 Å². The van der Waals surface area contributed by atoms with Gasteiger partial charge in [0.2, 0.25) is 5.91 Å². The first-order valence-electron chi connectivity index (χ1n) is 5.64. The van der Waals surface area contributed by atoms with Crippen LogP contribution in [0.25, 0.3) is 0 Å². The van der Waals surface area contributed by atoms with Gasteiger partial charge in [-0.1, -0.05) is 17.7 Å². The zero-order chi connectivity index (χ0) is 13.9. The number of carboxylic acids is 1. The van der Waals surface area contributed by atoms with E-state index < -0.39 is 12.0 Å². The molecule has 1 amide bonds. The summed E-state index contributed by atoms with van der Waals surface area (Å²) in [5.41, 5.74) is 1.35. The molecule has 1 atom stereocenters. The van der Waals surface area contributed by atoms with Crippen LogP contribution in [-0.2, 0) is 9.59 Å². The molecule has 0 saturated heterocycles. The van der Waals surface area contributed by atoms with Crippen molar-refractivity contribution in [2.24, 2.45) is 0 Å². The summed E-state index contributed by atoms with van der Waals surface area (Å²) in [6.45, 7) is 5.24. The lowest BCUT2D eigenvalue weighted by atomic mass is 10.00. The maximum atomic E-state index is 11.5. The molecule has 0 aliphatic heterocycles. The summed E-state index contributed by atoms with van der Waals surface area (Å²) in [5.74, 6) is -1.31. The second-order valence-electron chi connectivity index (χ2n) is 4.05. The highest BCUT2D eigenvalue weighted by atomic mass is 35.5. The smallest absolute Gasteiger partial charge is 0.331 e. The number of benzene rings is 1. The van der Waals surface area contributed by atoms with Gasteiger partial charge in [0.15, 0.2) is 6.04 Å². The minimum Gasteiger partial charge on any atom is -0.479 e. The van der Waals surface area contributed by atoms with Crippen molar-refractivity contribution >= 4 is 23.5 Å². The van der Waals surface area contributed by atoms with Crippen LogP contribution < -0.4 is 0 Å². The lowest BCUT2D eigenvalue weighted by molar-refractivity contribution is -0.149. The van der Waals surface area contributed by atoms with Crippen LogP contribution in [0.4, 0.5) is 0 Å². The molecular formula is C13H16ClNO3. The fourth-order valence-electron chi connectivity index (χ4n) is 1.97. The highest BCUT2D eigenvalue weighted by Crippen LogP contribution is 2.26. The molecule has 0 radical (unpaired) electrons. The summed E-state index contributed by atoms with van der Waals surface area (Å²) in [6, 6.07) is 4.01. The van der Waals surface area contributed by atoms with E-state index in [0.29, 0.717) is 17.1 Å². The summed E-state index contributed by atoms with van der Waals surface area (Å²) in [4.78, 5) is 24.2. The van der Waals surface area contributed by atoms with Gasteiger partial charge in [0.05, 0.1) is 0 Å². The van der Waals surface area contributed by atoms with Crippen molar-refractivity contribution in [2.75, 3.05) is 6.54 Å². The van der Waals surface area contributed by atoms with Crippen LogP contribution in [0.1, 0.15) is 31.0 Å². The quantitative estimate of drug-likeness (QED) is 0.914. The molecule has 1 N–H and O–H groups in total. The highest BCUT2D eigenvalue weighted by molar-refractivity contribution is 6.30. The predicted molar refractivity (Wildman–Crippen MR) is 69.6 cm³/mol. The molecule has 1 aromatic carbocycles. The zero-order valence-corrected chi connectivity index (χ0v) is 11.4. The van der Waals surface area contributed by atoms with E-state index in [1.165, 1.54) is 11.8 Å². The summed E-state index contributed by atoms with van der Waals surface area (Å²) in [5, 5.41) is 9.89. The van der Waals surface area contributed by atoms with Crippen LogP contribution in [0.2, 0.25) is 5.02 Å². The van der Waals surface area contributed by atoms with E-state index in [2.05, 4.69) is 0 Å². The Kier molecular flexibility index (Phi) is 4.73. The number of likely N-dealkylation sites (N-methyl/N-ethyl adjacent to an activating group) is 1. The number of aryl methyl sites for hydroxylation is 1. The number of carbonyl (C=O) groups is 2. The third-order valence-electron chi connectivity index (χ3n) is 2.82. The van der Waals surface area contributed by atoms with Crippen LogP contribution in [-0.4, -0.2) is 28.4 Å². The van der Waals surface area contributed by atoms with E-state index in [1.807, 2.05) is 0 Å². The van der Waals surface area contributed by atoms with Crippen LogP contribution in [0.5, 0.6) is 0 Å². The zero-order valence-electron chi connectivity index (χ0n) is 10.6. The average Bonchev–Trinajstić information content (AvgIpc) is 2.26. The minimum absolute atomic E-state index is 0.265. The van der Waals surface area contributed by atoms with Gasteiger partial charge in [0, 0.05) is 18.5 Å². The number of nitrogens with zero attached hydrogens (tertiary/aromatic N) is 1. The van der Waals surface area contributed by atoms with Crippen molar-refractivity contribution in [3.63, 3.8) is 0 Å². The van der Waals surface area contributed by atoms with Gasteiger partial charge in [-0.05, 0) is 37.1 Å². The van der Waals surface area contributed by atoms with Gasteiger partial charge < -0.3 is 10.0 Å². The lowest BCUT2D eigenvalue weighted by Crippen LogP contribution is -2.37.